The number of nitrogens with one attached hydrogen (secondary N) is 1. The van der Waals surface area contributed by atoms with Crippen LogP contribution in [0.5, 0.6) is 0 Å². The Hall–Kier alpha value is -2.94. The van der Waals surface area contributed by atoms with Gasteiger partial charge in [0.1, 0.15) is 5.82 Å². The van der Waals surface area contributed by atoms with Crippen LogP contribution in [0.4, 0.5) is 10.3 Å². The lowest BCUT2D eigenvalue weighted by atomic mass is 10.2. The number of aliphatic hydroxyl groups excluding tert-OH is 1. The molecule has 0 saturated heterocycles. The number of rotatable bonds is 6. The molecule has 0 aliphatic rings. The minimum atomic E-state index is -0.504. The van der Waals surface area contributed by atoms with Crippen LogP contribution in [-0.2, 0) is 20.6 Å². The lowest BCUT2D eigenvalue weighted by Gasteiger charge is -2.14. The van der Waals surface area contributed by atoms with Gasteiger partial charge in [0, 0.05) is 14.1 Å². The number of hydrogen-bond donors (Lipinski definition) is 2. The Balaban J connectivity index is 2.14. The van der Waals surface area contributed by atoms with E-state index in [0.717, 1.165) is 4.57 Å². The molecular formula is C18H22FN5O3. The topological polar surface area (TPSA) is 94.1 Å². The van der Waals surface area contributed by atoms with Crippen molar-refractivity contribution in [2.24, 2.45) is 14.1 Å². The van der Waals surface area contributed by atoms with Gasteiger partial charge in [0.05, 0.1) is 19.2 Å². The first-order chi connectivity index (χ1) is 12.9. The molecule has 2 heterocycles. The van der Waals surface area contributed by atoms with E-state index in [1.807, 2.05) is 6.92 Å². The van der Waals surface area contributed by atoms with E-state index in [2.05, 4.69) is 10.3 Å². The summed E-state index contributed by atoms with van der Waals surface area (Å²) in [5.74, 6) is 0.0173. The predicted molar refractivity (Wildman–Crippen MR) is 101 cm³/mol. The number of aromatic nitrogens is 4. The van der Waals surface area contributed by atoms with Crippen LogP contribution >= 0.6 is 0 Å². The number of anilines is 1. The zero-order valence-electron chi connectivity index (χ0n) is 15.4. The van der Waals surface area contributed by atoms with Crippen molar-refractivity contribution in [3.05, 3.63) is 56.5 Å². The van der Waals surface area contributed by atoms with Crippen molar-refractivity contribution in [1.29, 1.82) is 0 Å². The summed E-state index contributed by atoms with van der Waals surface area (Å²) in [6.45, 7) is 1.87. The summed E-state index contributed by atoms with van der Waals surface area (Å²) in [5, 5.41) is 12.5. The number of fused-ring (bicyclic) bond motifs is 1. The highest BCUT2D eigenvalue weighted by molar-refractivity contribution is 5.74. The van der Waals surface area contributed by atoms with Gasteiger partial charge in [-0.3, -0.25) is 13.9 Å². The average Bonchev–Trinajstić information content (AvgIpc) is 2.99. The molecule has 1 aromatic carbocycles. The van der Waals surface area contributed by atoms with Crippen LogP contribution in [-0.4, -0.2) is 36.4 Å². The van der Waals surface area contributed by atoms with Crippen LogP contribution in [0.3, 0.4) is 0 Å². The maximum absolute atomic E-state index is 13.1. The fourth-order valence-electron chi connectivity index (χ4n) is 2.94. The van der Waals surface area contributed by atoms with E-state index in [1.54, 1.807) is 18.7 Å². The Morgan fingerprint density at radius 3 is 2.44 bits per heavy atom. The minimum Gasteiger partial charge on any atom is -0.394 e. The molecule has 0 unspecified atom stereocenters. The van der Waals surface area contributed by atoms with Crippen LogP contribution in [0.15, 0.2) is 33.9 Å². The summed E-state index contributed by atoms with van der Waals surface area (Å²) in [7, 11) is 3.22. The number of halogens is 1. The molecule has 0 spiro atoms. The van der Waals surface area contributed by atoms with Gasteiger partial charge in [-0.25, -0.2) is 9.18 Å². The zero-order valence-corrected chi connectivity index (χ0v) is 15.4. The van der Waals surface area contributed by atoms with E-state index in [-0.39, 0.29) is 36.2 Å². The van der Waals surface area contributed by atoms with Gasteiger partial charge in [-0.2, -0.15) is 4.98 Å². The molecule has 9 heteroatoms. The molecule has 3 rings (SSSR count). The molecule has 0 bridgehead atoms. The molecule has 0 aliphatic heterocycles. The maximum atomic E-state index is 13.1. The molecular weight excluding hydrogens is 353 g/mol. The summed E-state index contributed by atoms with van der Waals surface area (Å²) in [6, 6.07) is 5.44. The average molecular weight is 375 g/mol. The van der Waals surface area contributed by atoms with Crippen molar-refractivity contribution in [3.8, 4) is 0 Å². The van der Waals surface area contributed by atoms with Crippen molar-refractivity contribution in [2.45, 2.75) is 25.9 Å². The fraction of sp³-hybridized carbons (Fsp3) is 0.389. The largest absolute Gasteiger partial charge is 0.394 e. The zero-order chi connectivity index (χ0) is 19.7. The van der Waals surface area contributed by atoms with E-state index < -0.39 is 11.2 Å². The number of benzene rings is 1. The maximum Gasteiger partial charge on any atom is 0.332 e. The third kappa shape index (κ3) is 3.37. The molecule has 2 N–H and O–H groups in total. The number of imidazole rings is 1. The van der Waals surface area contributed by atoms with E-state index in [1.165, 1.54) is 28.8 Å². The summed E-state index contributed by atoms with van der Waals surface area (Å²) in [5.41, 5.74) is 0.197. The molecule has 144 valence electrons. The highest BCUT2D eigenvalue weighted by Gasteiger charge is 2.19. The molecule has 0 fully saturated rings. The standard InChI is InChI=1S/C18H22FN5O3/c1-4-13(10-25)20-17-21-15-14(22(17)2)16(26)24(18(27)23(15)3)9-11-5-7-12(19)8-6-11/h5-8,13,25H,4,9-10H2,1-3H3,(H,20,21)/t13-/m1/s1. The lowest BCUT2D eigenvalue weighted by Crippen LogP contribution is -2.39. The van der Waals surface area contributed by atoms with Gasteiger partial charge in [0.2, 0.25) is 5.95 Å². The molecule has 8 nitrogen and oxygen atoms in total. The van der Waals surface area contributed by atoms with Crippen molar-refractivity contribution >= 4 is 17.1 Å². The van der Waals surface area contributed by atoms with Gasteiger partial charge in [-0.15, -0.1) is 0 Å². The second-order valence-electron chi connectivity index (χ2n) is 6.46. The predicted octanol–water partition coefficient (Wildman–Crippen LogP) is 0.804. The van der Waals surface area contributed by atoms with Crippen molar-refractivity contribution < 1.29 is 9.50 Å². The molecule has 0 saturated carbocycles. The quantitative estimate of drug-likeness (QED) is 0.665. The van der Waals surface area contributed by atoms with Gasteiger partial charge in [0.25, 0.3) is 5.56 Å². The Labute approximate surface area is 154 Å². The van der Waals surface area contributed by atoms with Crippen LogP contribution in [0.2, 0.25) is 0 Å². The fourth-order valence-corrected chi connectivity index (χ4v) is 2.94. The Morgan fingerprint density at radius 1 is 1.19 bits per heavy atom. The number of nitrogens with zero attached hydrogens (tertiary/aromatic N) is 4. The second-order valence-corrected chi connectivity index (χ2v) is 6.46. The highest BCUT2D eigenvalue weighted by atomic mass is 19.1. The van der Waals surface area contributed by atoms with Crippen LogP contribution in [0.25, 0.3) is 11.2 Å². The SMILES string of the molecule is CC[C@H](CO)Nc1nc2c(c(=O)n(Cc3ccc(F)cc3)c(=O)n2C)n1C. The first kappa shape index (κ1) is 18.8. The molecule has 27 heavy (non-hydrogen) atoms. The molecule has 2 aromatic heterocycles. The smallest absolute Gasteiger partial charge is 0.332 e. The van der Waals surface area contributed by atoms with Crippen molar-refractivity contribution in [2.75, 3.05) is 11.9 Å². The summed E-state index contributed by atoms with van der Waals surface area (Å²) in [6.07, 6.45) is 0.674. The van der Waals surface area contributed by atoms with Gasteiger partial charge in [-0.1, -0.05) is 19.1 Å². The second kappa shape index (κ2) is 7.36. The van der Waals surface area contributed by atoms with Crippen molar-refractivity contribution in [3.63, 3.8) is 0 Å². The first-order valence-corrected chi connectivity index (χ1v) is 8.65. The number of hydrogen-bond acceptors (Lipinski definition) is 5. The Morgan fingerprint density at radius 2 is 1.85 bits per heavy atom. The monoisotopic (exact) mass is 375 g/mol. The summed E-state index contributed by atoms with van der Waals surface area (Å²) in [4.78, 5) is 30.0. The molecule has 0 aliphatic carbocycles. The van der Waals surface area contributed by atoms with E-state index >= 15 is 0 Å². The van der Waals surface area contributed by atoms with E-state index in [9.17, 15) is 19.1 Å². The van der Waals surface area contributed by atoms with Crippen LogP contribution in [0.1, 0.15) is 18.9 Å². The van der Waals surface area contributed by atoms with Crippen molar-refractivity contribution in [1.82, 2.24) is 18.7 Å². The van der Waals surface area contributed by atoms with Gasteiger partial charge < -0.3 is 15.0 Å². The minimum absolute atomic E-state index is 0.0316. The molecule has 1 atom stereocenters. The van der Waals surface area contributed by atoms with Gasteiger partial charge in [0.15, 0.2) is 11.2 Å². The van der Waals surface area contributed by atoms with Crippen LogP contribution < -0.4 is 16.6 Å². The summed E-state index contributed by atoms with van der Waals surface area (Å²) >= 11 is 0. The number of aliphatic hydroxyl groups is 1. The Bertz CT molecular complexity index is 1080. The van der Waals surface area contributed by atoms with Crippen LogP contribution in [0, 0.1) is 5.82 Å². The lowest BCUT2D eigenvalue weighted by molar-refractivity contribution is 0.271. The molecule has 0 amide bonds. The number of aryl methyl sites for hydroxylation is 2. The van der Waals surface area contributed by atoms with Gasteiger partial charge >= 0.3 is 5.69 Å². The third-order valence-electron chi connectivity index (χ3n) is 4.66. The highest BCUT2D eigenvalue weighted by Crippen LogP contribution is 2.15. The third-order valence-corrected chi connectivity index (χ3v) is 4.66. The summed E-state index contributed by atoms with van der Waals surface area (Å²) < 4.78 is 17.1. The normalized spacial score (nSPS) is 12.5. The van der Waals surface area contributed by atoms with E-state index in [4.69, 9.17) is 0 Å². The first-order valence-electron chi connectivity index (χ1n) is 8.65. The Kier molecular flexibility index (Phi) is 5.13. The van der Waals surface area contributed by atoms with Gasteiger partial charge in [-0.05, 0) is 24.1 Å². The molecule has 0 radical (unpaired) electrons. The van der Waals surface area contributed by atoms with E-state index in [0.29, 0.717) is 17.9 Å². The molecule has 3 aromatic rings.